The number of rotatable bonds is 5. The van der Waals surface area contributed by atoms with Gasteiger partial charge in [-0.05, 0) is 43.7 Å². The average Bonchev–Trinajstić information content (AvgIpc) is 2.82. The molecule has 0 bridgehead atoms. The first kappa shape index (κ1) is 22.3. The number of phenols is 1. The number of fused-ring (bicyclic) bond motifs is 2. The monoisotopic (exact) mass is 486 g/mol. The van der Waals surface area contributed by atoms with Crippen LogP contribution in [0.5, 0.6) is 5.75 Å². The second-order valence-electron chi connectivity index (χ2n) is 8.12. The van der Waals surface area contributed by atoms with Gasteiger partial charge in [0, 0.05) is 27.3 Å². The average molecular weight is 487 g/mol. The minimum Gasteiger partial charge on any atom is -0.506 e. The molecule has 1 heterocycles. The zero-order valence-electron chi connectivity index (χ0n) is 18.6. The molecule has 0 unspecified atom stereocenters. The van der Waals surface area contributed by atoms with E-state index in [9.17, 15) is 13.5 Å². The topological polar surface area (TPSA) is 79.3 Å². The maximum absolute atomic E-state index is 13.3. The molecule has 0 radical (unpaired) electrons. The van der Waals surface area contributed by atoms with Gasteiger partial charge >= 0.3 is 0 Å². The summed E-state index contributed by atoms with van der Waals surface area (Å²) < 4.78 is 29.4. The molecule has 0 amide bonds. The molecular weight excluding hydrogens is 464 g/mol. The number of phenolic OH excluding ortho intramolecular Hbond substituents is 1. The Morgan fingerprint density at radius 3 is 2.41 bits per heavy atom. The molecule has 0 aliphatic heterocycles. The third-order valence-electron chi connectivity index (χ3n) is 5.66. The Balaban J connectivity index is 1.63. The Bertz CT molecular complexity index is 1660. The van der Waals surface area contributed by atoms with E-state index < -0.39 is 10.0 Å². The van der Waals surface area contributed by atoms with Crippen molar-refractivity contribution in [3.05, 3.63) is 96.2 Å². The van der Waals surface area contributed by atoms with Gasteiger partial charge in [0.1, 0.15) is 5.75 Å². The van der Waals surface area contributed by atoms with Crippen molar-refractivity contribution < 1.29 is 13.5 Å². The van der Waals surface area contributed by atoms with Crippen LogP contribution in [0, 0.1) is 13.8 Å². The Hall–Kier alpha value is -3.55. The van der Waals surface area contributed by atoms with Crippen molar-refractivity contribution in [2.75, 3.05) is 4.72 Å². The molecule has 7 heteroatoms. The van der Waals surface area contributed by atoms with Crippen LogP contribution in [0.1, 0.15) is 11.1 Å². The van der Waals surface area contributed by atoms with Crippen molar-refractivity contribution in [1.82, 2.24) is 4.98 Å². The molecule has 4 aromatic carbocycles. The first-order valence-electron chi connectivity index (χ1n) is 10.7. The lowest BCUT2D eigenvalue weighted by Gasteiger charge is -2.16. The summed E-state index contributed by atoms with van der Waals surface area (Å²) in [5.41, 5.74) is 2.89. The molecule has 0 fully saturated rings. The highest BCUT2D eigenvalue weighted by Crippen LogP contribution is 2.44. The van der Waals surface area contributed by atoms with E-state index in [1.807, 2.05) is 55.5 Å². The van der Waals surface area contributed by atoms with E-state index in [-0.39, 0.29) is 10.6 Å². The highest BCUT2D eigenvalue weighted by atomic mass is 32.2. The molecule has 34 heavy (non-hydrogen) atoms. The summed E-state index contributed by atoms with van der Waals surface area (Å²) >= 11 is 1.35. The smallest absolute Gasteiger partial charge is 0.262 e. The predicted octanol–water partition coefficient (Wildman–Crippen LogP) is 6.66. The third-order valence-corrected chi connectivity index (χ3v) is 8.27. The number of sulfonamides is 1. The molecule has 5 rings (SSSR count). The van der Waals surface area contributed by atoms with Crippen molar-refractivity contribution in [1.29, 1.82) is 0 Å². The van der Waals surface area contributed by atoms with Gasteiger partial charge in [-0.3, -0.25) is 9.71 Å². The van der Waals surface area contributed by atoms with Crippen LogP contribution >= 0.6 is 11.8 Å². The van der Waals surface area contributed by atoms with Crippen molar-refractivity contribution in [2.45, 2.75) is 28.5 Å². The number of aryl methyl sites for hydroxylation is 2. The number of aromatic hydroxyl groups is 1. The summed E-state index contributed by atoms with van der Waals surface area (Å²) in [6, 6.07) is 23.9. The molecule has 2 N–H and O–H groups in total. The normalized spacial score (nSPS) is 11.7. The number of para-hydroxylation sites is 1. The van der Waals surface area contributed by atoms with Crippen molar-refractivity contribution in [2.24, 2.45) is 0 Å². The fourth-order valence-electron chi connectivity index (χ4n) is 4.07. The first-order valence-corrected chi connectivity index (χ1v) is 13.0. The van der Waals surface area contributed by atoms with Gasteiger partial charge in [0.2, 0.25) is 0 Å². The standard InChI is InChI=1S/C27H22N2O3S2/c1-17-12-13-25(18(2)15-17)34(31,32)29-22-16-24(27(30)21-10-4-3-9-20(21)22)33-23-11-5-7-19-8-6-14-28-26(19)23/h3-16,29-30H,1-2H3. The van der Waals surface area contributed by atoms with Crippen molar-refractivity contribution >= 4 is 49.1 Å². The number of pyridine rings is 1. The van der Waals surface area contributed by atoms with Gasteiger partial charge < -0.3 is 5.11 Å². The van der Waals surface area contributed by atoms with Crippen molar-refractivity contribution in [3.8, 4) is 5.75 Å². The molecule has 0 saturated carbocycles. The largest absolute Gasteiger partial charge is 0.506 e. The van der Waals surface area contributed by atoms with Crippen LogP contribution in [0.15, 0.2) is 99.7 Å². The van der Waals surface area contributed by atoms with E-state index in [4.69, 9.17) is 0 Å². The SMILES string of the molecule is Cc1ccc(S(=O)(=O)Nc2cc(Sc3cccc4cccnc34)c(O)c3ccccc23)c(C)c1. The quantitative estimate of drug-likeness (QED) is 0.272. The minimum atomic E-state index is -3.84. The number of hydrogen-bond donors (Lipinski definition) is 2. The van der Waals surface area contributed by atoms with Gasteiger partial charge in [-0.15, -0.1) is 0 Å². The summed E-state index contributed by atoms with van der Waals surface area (Å²) in [7, 11) is -3.84. The number of hydrogen-bond acceptors (Lipinski definition) is 5. The lowest BCUT2D eigenvalue weighted by molar-refractivity contribution is 0.469. The van der Waals surface area contributed by atoms with Crippen LogP contribution in [-0.2, 0) is 10.0 Å². The van der Waals surface area contributed by atoms with Crippen LogP contribution in [-0.4, -0.2) is 18.5 Å². The van der Waals surface area contributed by atoms with Crippen molar-refractivity contribution in [3.63, 3.8) is 0 Å². The highest BCUT2D eigenvalue weighted by molar-refractivity contribution is 7.99. The number of benzene rings is 4. The molecule has 0 aliphatic carbocycles. The predicted molar refractivity (Wildman–Crippen MR) is 138 cm³/mol. The van der Waals surface area contributed by atoms with Gasteiger partial charge in [0.15, 0.2) is 0 Å². The second-order valence-corrected chi connectivity index (χ2v) is 10.9. The molecule has 0 spiro atoms. The molecule has 5 aromatic rings. The minimum absolute atomic E-state index is 0.1000. The summed E-state index contributed by atoms with van der Waals surface area (Å²) in [5.74, 6) is 0.1000. The van der Waals surface area contributed by atoms with E-state index in [2.05, 4.69) is 9.71 Å². The highest BCUT2D eigenvalue weighted by Gasteiger charge is 2.21. The van der Waals surface area contributed by atoms with Gasteiger partial charge in [0.25, 0.3) is 10.0 Å². The van der Waals surface area contributed by atoms with E-state index >= 15 is 0 Å². The third kappa shape index (κ3) is 4.08. The summed E-state index contributed by atoms with van der Waals surface area (Å²) in [6.45, 7) is 3.71. The Morgan fingerprint density at radius 2 is 1.62 bits per heavy atom. The summed E-state index contributed by atoms with van der Waals surface area (Å²) in [5, 5.41) is 13.3. The summed E-state index contributed by atoms with van der Waals surface area (Å²) in [4.78, 5) is 6.12. The van der Waals surface area contributed by atoms with Gasteiger partial charge in [-0.1, -0.05) is 71.9 Å². The van der Waals surface area contributed by atoms with Crippen LogP contribution in [0.25, 0.3) is 21.7 Å². The second kappa shape index (κ2) is 8.66. The van der Waals surface area contributed by atoms with E-state index in [0.29, 0.717) is 26.9 Å². The fourth-order valence-corrected chi connectivity index (χ4v) is 6.41. The maximum Gasteiger partial charge on any atom is 0.262 e. The van der Waals surface area contributed by atoms with E-state index in [0.717, 1.165) is 21.4 Å². The zero-order chi connectivity index (χ0) is 23.9. The molecule has 0 saturated heterocycles. The maximum atomic E-state index is 13.3. The van der Waals surface area contributed by atoms with Crippen LogP contribution < -0.4 is 4.72 Å². The lowest BCUT2D eigenvalue weighted by Crippen LogP contribution is -2.14. The van der Waals surface area contributed by atoms with Crippen LogP contribution in [0.2, 0.25) is 0 Å². The fraction of sp³-hybridized carbons (Fsp3) is 0.0741. The van der Waals surface area contributed by atoms with Gasteiger partial charge in [-0.25, -0.2) is 8.42 Å². The number of aromatic nitrogens is 1. The Labute approximate surface area is 202 Å². The van der Waals surface area contributed by atoms with E-state index in [1.54, 1.807) is 43.5 Å². The molecule has 0 aliphatic rings. The molecular formula is C27H22N2O3S2. The summed E-state index contributed by atoms with van der Waals surface area (Å²) in [6.07, 6.45) is 1.73. The molecule has 5 nitrogen and oxygen atoms in total. The van der Waals surface area contributed by atoms with Crippen LogP contribution in [0.3, 0.4) is 0 Å². The molecule has 0 atom stereocenters. The number of anilines is 1. The Kier molecular flexibility index (Phi) is 5.67. The molecule has 170 valence electrons. The number of nitrogens with zero attached hydrogens (tertiary/aromatic N) is 1. The van der Waals surface area contributed by atoms with Gasteiger partial charge in [0.05, 0.1) is 21.0 Å². The Morgan fingerprint density at radius 1 is 0.853 bits per heavy atom. The number of nitrogens with one attached hydrogen (secondary N) is 1. The van der Waals surface area contributed by atoms with E-state index in [1.165, 1.54) is 11.8 Å². The molecule has 1 aromatic heterocycles. The first-order chi connectivity index (χ1) is 16.3. The van der Waals surface area contributed by atoms with Crippen LogP contribution in [0.4, 0.5) is 5.69 Å². The van der Waals surface area contributed by atoms with Gasteiger partial charge in [-0.2, -0.15) is 0 Å². The zero-order valence-corrected chi connectivity index (χ0v) is 20.2. The lowest BCUT2D eigenvalue weighted by atomic mass is 10.1.